The Bertz CT molecular complexity index is 1120. The molecule has 0 radical (unpaired) electrons. The zero-order chi connectivity index (χ0) is 22.6. The summed E-state index contributed by atoms with van der Waals surface area (Å²) >= 11 is 1.53. The Kier molecular flexibility index (Phi) is 7.97. The molecule has 5 rings (SSSR count). The zero-order valence-corrected chi connectivity index (χ0v) is 20.4. The lowest BCUT2D eigenvalue weighted by Gasteiger charge is -2.26. The minimum atomic E-state index is -0.518. The number of nitrogens with zero attached hydrogens (tertiary/aromatic N) is 4. The van der Waals surface area contributed by atoms with Crippen molar-refractivity contribution < 1.29 is 14.3 Å². The molecule has 180 valence electrons. The third-order valence-electron chi connectivity index (χ3n) is 6.21. The SMILES string of the molecule is Cl.O=C1CCC(n2cc(-c3cscc3OCc3ccc(CN4CCCCC4)cc3)nn2)C(=O)N1. The molecule has 2 aliphatic heterocycles. The lowest BCUT2D eigenvalue weighted by atomic mass is 10.1. The number of carbonyl (C=O) groups excluding carboxylic acids is 2. The van der Waals surface area contributed by atoms with Crippen LogP contribution in [0.5, 0.6) is 5.75 Å². The molecule has 2 aliphatic rings. The van der Waals surface area contributed by atoms with Gasteiger partial charge in [-0.2, -0.15) is 0 Å². The fourth-order valence-corrected chi connectivity index (χ4v) is 5.11. The Hall–Kier alpha value is -2.75. The van der Waals surface area contributed by atoms with Crippen LogP contribution < -0.4 is 10.1 Å². The molecule has 2 saturated heterocycles. The van der Waals surface area contributed by atoms with Crippen molar-refractivity contribution in [3.8, 4) is 17.0 Å². The highest BCUT2D eigenvalue weighted by atomic mass is 35.5. The number of likely N-dealkylation sites (tertiary alicyclic amines) is 1. The van der Waals surface area contributed by atoms with Gasteiger partial charge in [0.1, 0.15) is 24.1 Å². The minimum absolute atomic E-state index is 0. The molecule has 1 aromatic carbocycles. The van der Waals surface area contributed by atoms with E-state index >= 15 is 0 Å². The van der Waals surface area contributed by atoms with E-state index in [1.807, 2.05) is 10.8 Å². The van der Waals surface area contributed by atoms with Gasteiger partial charge in [-0.3, -0.25) is 19.8 Å². The van der Waals surface area contributed by atoms with Crippen molar-refractivity contribution in [2.75, 3.05) is 13.1 Å². The number of rotatable bonds is 7. The van der Waals surface area contributed by atoms with Crippen molar-refractivity contribution in [1.29, 1.82) is 0 Å². The molecule has 0 spiro atoms. The standard InChI is InChI=1S/C24H27N5O3S.ClH/c30-23-9-8-21(24(31)25-23)29-13-20(26-27-29)19-15-33-16-22(19)32-14-18-6-4-17(5-7-18)12-28-10-2-1-3-11-28;/h4-7,13,15-16,21H,1-3,8-12,14H2,(H,25,30,31);1H. The van der Waals surface area contributed by atoms with Gasteiger partial charge >= 0.3 is 0 Å². The molecular formula is C24H28ClN5O3S. The number of nitrogens with one attached hydrogen (secondary N) is 1. The number of piperidine rings is 2. The van der Waals surface area contributed by atoms with E-state index in [0.717, 1.165) is 23.4 Å². The van der Waals surface area contributed by atoms with Gasteiger partial charge in [0, 0.05) is 23.7 Å². The lowest BCUT2D eigenvalue weighted by Crippen LogP contribution is -2.41. The van der Waals surface area contributed by atoms with Crippen LogP contribution in [0.1, 0.15) is 49.3 Å². The number of amides is 2. The highest BCUT2D eigenvalue weighted by Gasteiger charge is 2.29. The largest absolute Gasteiger partial charge is 0.487 e. The van der Waals surface area contributed by atoms with E-state index in [4.69, 9.17) is 4.74 Å². The summed E-state index contributed by atoms with van der Waals surface area (Å²) in [5.74, 6) is 0.158. The molecule has 1 atom stereocenters. The maximum atomic E-state index is 12.1. The molecular weight excluding hydrogens is 474 g/mol. The summed E-state index contributed by atoms with van der Waals surface area (Å²) in [6.07, 6.45) is 6.42. The first-order chi connectivity index (χ1) is 16.2. The number of carbonyl (C=O) groups is 2. The summed E-state index contributed by atoms with van der Waals surface area (Å²) in [5, 5.41) is 14.6. The topological polar surface area (TPSA) is 89.3 Å². The highest BCUT2D eigenvalue weighted by Crippen LogP contribution is 2.33. The Balaban J connectivity index is 0.00000274. The van der Waals surface area contributed by atoms with Crippen LogP contribution in [-0.2, 0) is 22.7 Å². The quantitative estimate of drug-likeness (QED) is 0.493. The number of benzene rings is 1. The molecule has 1 unspecified atom stereocenters. The van der Waals surface area contributed by atoms with Crippen molar-refractivity contribution in [2.45, 2.75) is 51.3 Å². The van der Waals surface area contributed by atoms with Crippen LogP contribution in [0.3, 0.4) is 0 Å². The van der Waals surface area contributed by atoms with Crippen LogP contribution in [-0.4, -0.2) is 44.8 Å². The molecule has 2 fully saturated rings. The van der Waals surface area contributed by atoms with Crippen molar-refractivity contribution in [3.05, 3.63) is 52.3 Å². The Morgan fingerprint density at radius 2 is 1.82 bits per heavy atom. The first kappa shape index (κ1) is 24.4. The average molecular weight is 502 g/mol. The first-order valence-electron chi connectivity index (χ1n) is 11.4. The van der Waals surface area contributed by atoms with E-state index in [1.165, 1.54) is 53.9 Å². The van der Waals surface area contributed by atoms with Gasteiger partial charge in [0.05, 0.1) is 11.8 Å². The van der Waals surface area contributed by atoms with Gasteiger partial charge < -0.3 is 4.74 Å². The molecule has 2 aromatic heterocycles. The molecule has 4 heterocycles. The zero-order valence-electron chi connectivity index (χ0n) is 18.8. The molecule has 34 heavy (non-hydrogen) atoms. The van der Waals surface area contributed by atoms with Gasteiger partial charge in [0.15, 0.2) is 0 Å². The summed E-state index contributed by atoms with van der Waals surface area (Å²) in [6.45, 7) is 3.87. The van der Waals surface area contributed by atoms with Gasteiger partial charge in [-0.15, -0.1) is 28.8 Å². The Morgan fingerprint density at radius 1 is 1.06 bits per heavy atom. The molecule has 0 bridgehead atoms. The number of halogens is 1. The van der Waals surface area contributed by atoms with Gasteiger partial charge in [-0.25, -0.2) is 4.68 Å². The van der Waals surface area contributed by atoms with Gasteiger partial charge in [0.2, 0.25) is 5.91 Å². The Morgan fingerprint density at radius 3 is 2.59 bits per heavy atom. The van der Waals surface area contributed by atoms with E-state index in [2.05, 4.69) is 44.8 Å². The van der Waals surface area contributed by atoms with Crippen LogP contribution in [0, 0.1) is 0 Å². The van der Waals surface area contributed by atoms with Crippen LogP contribution in [0.4, 0.5) is 0 Å². The third-order valence-corrected chi connectivity index (χ3v) is 6.94. The number of hydrogen-bond donors (Lipinski definition) is 1. The van der Waals surface area contributed by atoms with Crippen molar-refractivity contribution >= 4 is 35.6 Å². The summed E-state index contributed by atoms with van der Waals surface area (Å²) < 4.78 is 7.62. The first-order valence-corrected chi connectivity index (χ1v) is 12.3. The normalized spacial score (nSPS) is 18.9. The number of thiophene rings is 1. The third kappa shape index (κ3) is 5.65. The highest BCUT2D eigenvalue weighted by molar-refractivity contribution is 7.08. The van der Waals surface area contributed by atoms with Crippen molar-refractivity contribution in [3.63, 3.8) is 0 Å². The van der Waals surface area contributed by atoms with E-state index < -0.39 is 6.04 Å². The second-order valence-electron chi connectivity index (χ2n) is 8.64. The van der Waals surface area contributed by atoms with Gasteiger partial charge in [0.25, 0.3) is 5.91 Å². The fourth-order valence-electron chi connectivity index (χ4n) is 4.35. The van der Waals surface area contributed by atoms with E-state index in [0.29, 0.717) is 25.1 Å². The van der Waals surface area contributed by atoms with Crippen molar-refractivity contribution in [2.24, 2.45) is 0 Å². The van der Waals surface area contributed by atoms with Crippen LogP contribution in [0.2, 0.25) is 0 Å². The number of hydrogen-bond acceptors (Lipinski definition) is 7. The number of ether oxygens (including phenoxy) is 1. The maximum Gasteiger partial charge on any atom is 0.251 e. The Labute approximate surface area is 208 Å². The smallest absolute Gasteiger partial charge is 0.251 e. The number of imide groups is 1. The van der Waals surface area contributed by atoms with Crippen LogP contribution in [0.25, 0.3) is 11.3 Å². The molecule has 0 aliphatic carbocycles. The summed E-state index contributed by atoms with van der Waals surface area (Å²) in [5.41, 5.74) is 3.94. The van der Waals surface area contributed by atoms with E-state index in [9.17, 15) is 9.59 Å². The minimum Gasteiger partial charge on any atom is -0.487 e. The maximum absolute atomic E-state index is 12.1. The summed E-state index contributed by atoms with van der Waals surface area (Å²) in [4.78, 5) is 26.0. The molecule has 3 aromatic rings. The second kappa shape index (κ2) is 11.1. The molecule has 0 saturated carbocycles. The average Bonchev–Trinajstić information content (AvgIpc) is 3.49. The van der Waals surface area contributed by atoms with E-state index in [1.54, 1.807) is 6.20 Å². The van der Waals surface area contributed by atoms with Crippen LogP contribution >= 0.6 is 23.7 Å². The van der Waals surface area contributed by atoms with Gasteiger partial charge in [-0.1, -0.05) is 35.9 Å². The predicted octanol–water partition coefficient (Wildman–Crippen LogP) is 3.97. The second-order valence-corrected chi connectivity index (χ2v) is 9.39. The summed E-state index contributed by atoms with van der Waals surface area (Å²) in [7, 11) is 0. The molecule has 1 N–H and O–H groups in total. The molecule has 2 amide bonds. The van der Waals surface area contributed by atoms with Crippen molar-refractivity contribution in [1.82, 2.24) is 25.2 Å². The van der Waals surface area contributed by atoms with Crippen LogP contribution in [0.15, 0.2) is 41.2 Å². The van der Waals surface area contributed by atoms with E-state index in [-0.39, 0.29) is 24.2 Å². The van der Waals surface area contributed by atoms with Gasteiger partial charge in [-0.05, 0) is 43.5 Å². The summed E-state index contributed by atoms with van der Waals surface area (Å²) in [6, 6.07) is 8.12. The number of aromatic nitrogens is 3. The molecule has 10 heteroatoms. The predicted molar refractivity (Wildman–Crippen MR) is 132 cm³/mol. The molecule has 8 nitrogen and oxygen atoms in total. The monoisotopic (exact) mass is 501 g/mol. The fraction of sp³-hybridized carbons (Fsp3) is 0.417. The lowest BCUT2D eigenvalue weighted by molar-refractivity contribution is -0.136.